The molecule has 2 saturated carbocycles. The molecule has 2 atom stereocenters. The van der Waals surface area contributed by atoms with Gasteiger partial charge in [0.25, 0.3) is 0 Å². The Labute approximate surface area is 265 Å². The number of aromatic nitrogens is 6. The van der Waals surface area contributed by atoms with Gasteiger partial charge in [0.05, 0.1) is 34.7 Å². The van der Waals surface area contributed by atoms with Gasteiger partial charge in [-0.05, 0) is 70.6 Å². The van der Waals surface area contributed by atoms with Gasteiger partial charge in [-0.25, -0.2) is 14.3 Å². The van der Waals surface area contributed by atoms with Crippen LogP contribution >= 0.6 is 11.3 Å². The fourth-order valence-corrected chi connectivity index (χ4v) is 7.48. The van der Waals surface area contributed by atoms with E-state index < -0.39 is 6.09 Å². The molecule has 0 bridgehead atoms. The van der Waals surface area contributed by atoms with Gasteiger partial charge in [-0.15, -0.1) is 15.3 Å². The van der Waals surface area contributed by atoms with Gasteiger partial charge < -0.3 is 26.4 Å². The Balaban J connectivity index is 1.24. The zero-order valence-electron chi connectivity index (χ0n) is 25.8. The molecule has 4 aromatic rings. The zero-order valence-corrected chi connectivity index (χ0v) is 26.6. The maximum Gasteiger partial charge on any atom is 0.404 e. The van der Waals surface area contributed by atoms with Gasteiger partial charge in [0.1, 0.15) is 5.01 Å². The van der Waals surface area contributed by atoms with Crippen molar-refractivity contribution in [2.24, 2.45) is 0 Å². The van der Waals surface area contributed by atoms with Crippen LogP contribution in [0.4, 0.5) is 16.4 Å². The molecule has 2 amide bonds. The number of pyridine rings is 1. The van der Waals surface area contributed by atoms with E-state index in [0.29, 0.717) is 11.9 Å². The number of rotatable bonds is 9. The molecule has 0 spiro atoms. The summed E-state index contributed by atoms with van der Waals surface area (Å²) in [5, 5.41) is 37.7. The molecule has 0 saturated heterocycles. The number of carboxylic acid groups (broad SMARTS) is 1. The highest BCUT2D eigenvalue weighted by atomic mass is 32.1. The number of amides is 2. The van der Waals surface area contributed by atoms with E-state index in [1.54, 1.807) is 24.5 Å². The topological polar surface area (TPSA) is 171 Å². The van der Waals surface area contributed by atoms with E-state index in [1.165, 1.54) is 0 Å². The zero-order chi connectivity index (χ0) is 31.5. The van der Waals surface area contributed by atoms with Crippen LogP contribution in [0.2, 0.25) is 0 Å². The molecule has 0 aliphatic heterocycles. The summed E-state index contributed by atoms with van der Waals surface area (Å²) < 4.78 is 1.82. The molecule has 238 valence electrons. The molecular weight excluding hydrogens is 592 g/mol. The van der Waals surface area contributed by atoms with Crippen molar-refractivity contribution in [2.45, 2.75) is 102 Å². The van der Waals surface area contributed by atoms with Crippen molar-refractivity contribution in [3.05, 3.63) is 35.6 Å². The van der Waals surface area contributed by atoms with Gasteiger partial charge >= 0.3 is 6.09 Å². The predicted molar refractivity (Wildman–Crippen MR) is 174 cm³/mol. The summed E-state index contributed by atoms with van der Waals surface area (Å²) in [6.07, 6.45) is 10.1. The summed E-state index contributed by atoms with van der Waals surface area (Å²) in [4.78, 5) is 32.1. The van der Waals surface area contributed by atoms with Crippen LogP contribution in [0.25, 0.3) is 27.5 Å². The second kappa shape index (κ2) is 13.3. The minimum absolute atomic E-state index is 0.0265. The maximum absolute atomic E-state index is 11.5. The first-order chi connectivity index (χ1) is 21.7. The largest absolute Gasteiger partial charge is 0.465 e. The molecule has 2 aliphatic rings. The Morgan fingerprint density at radius 2 is 1.76 bits per heavy atom. The third-order valence-corrected chi connectivity index (χ3v) is 9.67. The van der Waals surface area contributed by atoms with E-state index in [-0.39, 0.29) is 30.1 Å². The molecule has 2 fully saturated rings. The molecule has 6 rings (SSSR count). The molecule has 0 unspecified atom stereocenters. The van der Waals surface area contributed by atoms with Gasteiger partial charge in [0, 0.05) is 42.9 Å². The summed E-state index contributed by atoms with van der Waals surface area (Å²) in [5.41, 5.74) is 4.20. The lowest BCUT2D eigenvalue weighted by atomic mass is 9.86. The minimum Gasteiger partial charge on any atom is -0.465 e. The van der Waals surface area contributed by atoms with E-state index in [9.17, 15) is 14.7 Å². The Bertz CT molecular complexity index is 1660. The van der Waals surface area contributed by atoms with E-state index in [2.05, 4.69) is 50.3 Å². The highest BCUT2D eigenvalue weighted by Crippen LogP contribution is 2.39. The highest BCUT2D eigenvalue weighted by molar-refractivity contribution is 7.14. The third kappa shape index (κ3) is 7.16. The number of nitrogens with one attached hydrogen (secondary N) is 4. The average molecular weight is 633 g/mol. The molecule has 5 N–H and O–H groups in total. The lowest BCUT2D eigenvalue weighted by Crippen LogP contribution is -2.48. The molecule has 14 heteroatoms. The Morgan fingerprint density at radius 3 is 2.49 bits per heavy atom. The van der Waals surface area contributed by atoms with Crippen LogP contribution in [0.1, 0.15) is 83.1 Å². The lowest BCUT2D eigenvalue weighted by Gasteiger charge is -2.31. The fourth-order valence-electron chi connectivity index (χ4n) is 6.44. The number of carbonyl (C=O) groups is 2. The smallest absolute Gasteiger partial charge is 0.404 e. The second-order valence-electron chi connectivity index (χ2n) is 12.3. The van der Waals surface area contributed by atoms with Crippen molar-refractivity contribution in [3.63, 3.8) is 0 Å². The number of fused-ring (bicyclic) bond motifs is 1. The van der Waals surface area contributed by atoms with Crippen LogP contribution in [-0.4, -0.2) is 71.1 Å². The first-order valence-corrected chi connectivity index (χ1v) is 16.5. The summed E-state index contributed by atoms with van der Waals surface area (Å²) in [6.45, 7) is 5.76. The lowest BCUT2D eigenvalue weighted by molar-refractivity contribution is -0.119. The molecule has 13 nitrogen and oxygen atoms in total. The van der Waals surface area contributed by atoms with Gasteiger partial charge in [-0.3, -0.25) is 9.78 Å². The van der Waals surface area contributed by atoms with Crippen LogP contribution in [0.3, 0.4) is 0 Å². The van der Waals surface area contributed by atoms with Crippen molar-refractivity contribution < 1.29 is 14.7 Å². The average Bonchev–Trinajstić information content (AvgIpc) is 3.65. The van der Waals surface area contributed by atoms with E-state index >= 15 is 0 Å². The minimum atomic E-state index is -1.02. The van der Waals surface area contributed by atoms with Crippen LogP contribution < -0.4 is 21.3 Å². The summed E-state index contributed by atoms with van der Waals surface area (Å²) in [6, 6.07) is 6.10. The standard InChI is InChI=1S/C31H40N10O3S/c1-17(2)34-25-14-26(32-16-22(25)29-39-38-28(45-29)19-8-10-20(11-9-19)35-18(3)42)27-13-12-21-15-33-30(40-41(21)27)36-23-6-4-5-7-24(23)37-31(43)44/h12-17,19-20,23-24,37H,4-11H2,1-3H3,(H,32,34)(H,35,42)(H,36,40)(H,43,44)/t19?,20?,23-,24+/m1/s1. The van der Waals surface area contributed by atoms with Crippen LogP contribution in [0.15, 0.2) is 30.6 Å². The highest BCUT2D eigenvalue weighted by Gasteiger charge is 2.28. The molecule has 45 heavy (non-hydrogen) atoms. The SMILES string of the molecule is CC(=O)NC1CCC(c2nnc(-c3cnc(-c4ccc5cnc(N[C@@H]6CCCC[C@@H]6NC(=O)O)nn45)cc3NC(C)C)s2)CC1. The van der Waals surface area contributed by atoms with Crippen molar-refractivity contribution in [1.82, 2.24) is 40.4 Å². The molecule has 2 aliphatic carbocycles. The van der Waals surface area contributed by atoms with Crippen molar-refractivity contribution in [1.29, 1.82) is 0 Å². The summed E-state index contributed by atoms with van der Waals surface area (Å²) >= 11 is 1.61. The van der Waals surface area contributed by atoms with Crippen molar-refractivity contribution in [3.8, 4) is 22.0 Å². The van der Waals surface area contributed by atoms with Crippen LogP contribution in [-0.2, 0) is 4.79 Å². The Hall–Kier alpha value is -4.33. The van der Waals surface area contributed by atoms with E-state index in [1.807, 2.05) is 28.9 Å². The third-order valence-electron chi connectivity index (χ3n) is 8.55. The Kier molecular flexibility index (Phi) is 9.10. The number of anilines is 2. The van der Waals surface area contributed by atoms with E-state index in [0.717, 1.165) is 89.5 Å². The van der Waals surface area contributed by atoms with E-state index in [4.69, 9.17) is 10.1 Å². The van der Waals surface area contributed by atoms with Crippen LogP contribution in [0.5, 0.6) is 0 Å². The first-order valence-electron chi connectivity index (χ1n) is 15.7. The second-order valence-corrected chi connectivity index (χ2v) is 13.3. The fraction of sp³-hybridized carbons (Fsp3) is 0.516. The quantitative estimate of drug-likeness (QED) is 0.163. The number of carbonyl (C=O) groups excluding carboxylic acids is 1. The van der Waals surface area contributed by atoms with Gasteiger partial charge in [0.2, 0.25) is 11.9 Å². The summed E-state index contributed by atoms with van der Waals surface area (Å²) in [5.74, 6) is 0.806. The predicted octanol–water partition coefficient (Wildman–Crippen LogP) is 5.28. The number of hydrogen-bond donors (Lipinski definition) is 5. The monoisotopic (exact) mass is 632 g/mol. The Morgan fingerprint density at radius 1 is 0.978 bits per heavy atom. The van der Waals surface area contributed by atoms with Gasteiger partial charge in [-0.1, -0.05) is 24.2 Å². The van der Waals surface area contributed by atoms with Crippen molar-refractivity contribution in [2.75, 3.05) is 10.6 Å². The van der Waals surface area contributed by atoms with Crippen LogP contribution in [0, 0.1) is 0 Å². The number of hydrogen-bond acceptors (Lipinski definition) is 10. The van der Waals surface area contributed by atoms with Gasteiger partial charge in [0.15, 0.2) is 5.01 Å². The first kappa shape index (κ1) is 30.7. The molecular formula is C31H40N10O3S. The number of nitrogens with zero attached hydrogens (tertiary/aromatic N) is 6. The van der Waals surface area contributed by atoms with Gasteiger partial charge in [-0.2, -0.15) is 0 Å². The molecule has 4 aromatic heterocycles. The normalized spacial score (nSPS) is 21.9. The molecule has 0 radical (unpaired) electrons. The molecule has 4 heterocycles. The molecule has 0 aromatic carbocycles. The maximum atomic E-state index is 11.5. The summed E-state index contributed by atoms with van der Waals surface area (Å²) in [7, 11) is 0. The van der Waals surface area contributed by atoms with Crippen molar-refractivity contribution >= 4 is 40.5 Å².